The highest BCUT2D eigenvalue weighted by molar-refractivity contribution is 6.32. The number of amides is 2. The molecule has 24 heavy (non-hydrogen) atoms. The van der Waals surface area contributed by atoms with E-state index in [9.17, 15) is 9.59 Å². The highest BCUT2D eigenvalue weighted by Crippen LogP contribution is 2.25. The van der Waals surface area contributed by atoms with Gasteiger partial charge < -0.3 is 15.4 Å². The second kappa shape index (κ2) is 8.93. The average molecular weight is 347 g/mol. The predicted octanol–water partition coefficient (Wildman–Crippen LogP) is 2.78. The second-order valence-electron chi connectivity index (χ2n) is 5.02. The monoisotopic (exact) mass is 346 g/mol. The first kappa shape index (κ1) is 17.8. The molecule has 0 bridgehead atoms. The summed E-state index contributed by atoms with van der Waals surface area (Å²) in [5, 5.41) is 5.81. The van der Waals surface area contributed by atoms with Crippen LogP contribution in [0.3, 0.4) is 0 Å². The molecule has 0 aliphatic carbocycles. The molecule has 0 aromatic heterocycles. The molecule has 5 nitrogen and oxygen atoms in total. The van der Waals surface area contributed by atoms with Crippen molar-refractivity contribution in [1.29, 1.82) is 0 Å². The molecule has 0 heterocycles. The number of hydrogen-bond donors (Lipinski definition) is 2. The van der Waals surface area contributed by atoms with Crippen LogP contribution in [0.1, 0.15) is 22.8 Å². The van der Waals surface area contributed by atoms with E-state index >= 15 is 0 Å². The highest BCUT2D eigenvalue weighted by atomic mass is 35.5. The lowest BCUT2D eigenvalue weighted by Crippen LogP contribution is -2.36. The van der Waals surface area contributed by atoms with Gasteiger partial charge in [0.05, 0.1) is 18.2 Å². The molecule has 0 saturated heterocycles. The maximum atomic E-state index is 11.8. The summed E-state index contributed by atoms with van der Waals surface area (Å²) in [5.41, 5.74) is 1.37. The van der Waals surface area contributed by atoms with E-state index in [2.05, 4.69) is 10.6 Å². The average Bonchev–Trinajstić information content (AvgIpc) is 2.61. The molecule has 2 aromatic rings. The van der Waals surface area contributed by atoms with E-state index in [1.165, 1.54) is 0 Å². The van der Waals surface area contributed by atoms with E-state index in [1.54, 1.807) is 36.4 Å². The fourth-order valence-electron chi connectivity index (χ4n) is 2.04. The number of benzene rings is 2. The van der Waals surface area contributed by atoms with Crippen LogP contribution in [0.5, 0.6) is 5.75 Å². The van der Waals surface area contributed by atoms with E-state index in [0.717, 1.165) is 5.56 Å². The van der Waals surface area contributed by atoms with Gasteiger partial charge in [-0.2, -0.15) is 0 Å². The molecular formula is C18H19ClN2O3. The summed E-state index contributed by atoms with van der Waals surface area (Å²) in [5.74, 6) is 0.0588. The summed E-state index contributed by atoms with van der Waals surface area (Å²) in [6.07, 6.45) is 0. The summed E-state index contributed by atoms with van der Waals surface area (Å²) < 4.78 is 5.36. The van der Waals surface area contributed by atoms with Gasteiger partial charge in [0.2, 0.25) is 5.91 Å². The topological polar surface area (TPSA) is 67.4 Å². The standard InChI is InChI=1S/C18H19ClN2O3/c1-2-24-16-9-8-13(10-15(16)19)11-20-17(22)12-21-18(23)14-6-4-3-5-7-14/h3-10H,2,11-12H2,1H3,(H,20,22)(H,21,23). The zero-order valence-electron chi connectivity index (χ0n) is 13.3. The molecule has 126 valence electrons. The fourth-order valence-corrected chi connectivity index (χ4v) is 2.30. The van der Waals surface area contributed by atoms with Crippen LogP contribution in [0.4, 0.5) is 0 Å². The van der Waals surface area contributed by atoms with E-state index in [-0.39, 0.29) is 18.4 Å². The third-order valence-electron chi connectivity index (χ3n) is 3.23. The van der Waals surface area contributed by atoms with Crippen molar-refractivity contribution in [3.63, 3.8) is 0 Å². The van der Waals surface area contributed by atoms with Crippen LogP contribution >= 0.6 is 11.6 Å². The number of carbonyl (C=O) groups excluding carboxylic acids is 2. The Hall–Kier alpha value is -2.53. The lowest BCUT2D eigenvalue weighted by molar-refractivity contribution is -0.120. The molecule has 0 spiro atoms. The van der Waals surface area contributed by atoms with Crippen LogP contribution < -0.4 is 15.4 Å². The summed E-state index contributed by atoms with van der Waals surface area (Å²) in [4.78, 5) is 23.7. The molecule has 6 heteroatoms. The van der Waals surface area contributed by atoms with Gasteiger partial charge >= 0.3 is 0 Å². The summed E-state index contributed by atoms with van der Waals surface area (Å²) in [6, 6.07) is 14.1. The first-order valence-electron chi connectivity index (χ1n) is 7.61. The Morgan fingerprint density at radius 1 is 1.08 bits per heavy atom. The van der Waals surface area contributed by atoms with Crippen LogP contribution in [0.2, 0.25) is 5.02 Å². The Morgan fingerprint density at radius 3 is 2.50 bits per heavy atom. The molecule has 2 aromatic carbocycles. The molecule has 0 aliphatic heterocycles. The number of halogens is 1. The van der Waals surface area contributed by atoms with E-state index in [4.69, 9.17) is 16.3 Å². The Labute approximate surface area is 146 Å². The lowest BCUT2D eigenvalue weighted by atomic mass is 10.2. The minimum atomic E-state index is -0.283. The molecule has 0 fully saturated rings. The predicted molar refractivity (Wildman–Crippen MR) is 93.2 cm³/mol. The first-order chi connectivity index (χ1) is 11.6. The van der Waals surface area contributed by atoms with Crippen molar-refractivity contribution in [3.8, 4) is 5.75 Å². The van der Waals surface area contributed by atoms with E-state index < -0.39 is 0 Å². The van der Waals surface area contributed by atoms with Gasteiger partial charge in [0.25, 0.3) is 5.91 Å². The Kier molecular flexibility index (Phi) is 6.63. The molecule has 0 unspecified atom stereocenters. The van der Waals surface area contributed by atoms with Gasteiger partial charge in [-0.1, -0.05) is 35.9 Å². The molecule has 2 rings (SSSR count). The molecular weight excluding hydrogens is 328 g/mol. The summed E-state index contributed by atoms with van der Waals surface area (Å²) in [7, 11) is 0. The van der Waals surface area contributed by atoms with E-state index in [0.29, 0.717) is 29.5 Å². The minimum absolute atomic E-state index is 0.0848. The van der Waals surface area contributed by atoms with Crippen molar-refractivity contribution < 1.29 is 14.3 Å². The van der Waals surface area contributed by atoms with Crippen molar-refractivity contribution in [2.45, 2.75) is 13.5 Å². The van der Waals surface area contributed by atoms with Gasteiger partial charge in [0, 0.05) is 12.1 Å². The first-order valence-corrected chi connectivity index (χ1v) is 7.99. The van der Waals surface area contributed by atoms with Crippen LogP contribution in [-0.4, -0.2) is 25.0 Å². The van der Waals surface area contributed by atoms with Crippen LogP contribution in [-0.2, 0) is 11.3 Å². The quantitative estimate of drug-likeness (QED) is 0.810. The van der Waals surface area contributed by atoms with Crippen LogP contribution in [0.25, 0.3) is 0 Å². The molecule has 2 amide bonds. The Morgan fingerprint density at radius 2 is 1.83 bits per heavy atom. The minimum Gasteiger partial charge on any atom is -0.492 e. The number of nitrogens with one attached hydrogen (secondary N) is 2. The van der Waals surface area contributed by atoms with Crippen molar-refractivity contribution in [1.82, 2.24) is 10.6 Å². The maximum absolute atomic E-state index is 11.8. The van der Waals surface area contributed by atoms with Gasteiger partial charge in [0.1, 0.15) is 5.75 Å². The maximum Gasteiger partial charge on any atom is 0.251 e. The van der Waals surface area contributed by atoms with Crippen LogP contribution in [0.15, 0.2) is 48.5 Å². The normalized spacial score (nSPS) is 10.1. The molecule has 0 saturated carbocycles. The Bertz CT molecular complexity index is 705. The fraction of sp³-hybridized carbons (Fsp3) is 0.222. The van der Waals surface area contributed by atoms with Crippen molar-refractivity contribution in [2.75, 3.05) is 13.2 Å². The molecule has 2 N–H and O–H groups in total. The second-order valence-corrected chi connectivity index (χ2v) is 5.43. The third kappa shape index (κ3) is 5.28. The van der Waals surface area contributed by atoms with Crippen molar-refractivity contribution in [2.24, 2.45) is 0 Å². The zero-order chi connectivity index (χ0) is 17.4. The third-order valence-corrected chi connectivity index (χ3v) is 3.53. The zero-order valence-corrected chi connectivity index (χ0v) is 14.1. The SMILES string of the molecule is CCOc1ccc(CNC(=O)CNC(=O)c2ccccc2)cc1Cl. The van der Waals surface area contributed by atoms with Gasteiger partial charge in [0.15, 0.2) is 0 Å². The van der Waals surface area contributed by atoms with Crippen molar-refractivity contribution in [3.05, 3.63) is 64.7 Å². The van der Waals surface area contributed by atoms with Crippen molar-refractivity contribution >= 4 is 23.4 Å². The molecule has 0 atom stereocenters. The smallest absolute Gasteiger partial charge is 0.251 e. The van der Waals surface area contributed by atoms with Gasteiger partial charge in [-0.3, -0.25) is 9.59 Å². The summed E-state index contributed by atoms with van der Waals surface area (Å²) >= 11 is 6.10. The largest absolute Gasteiger partial charge is 0.492 e. The number of carbonyl (C=O) groups is 2. The number of hydrogen-bond acceptors (Lipinski definition) is 3. The molecule has 0 radical (unpaired) electrons. The van der Waals surface area contributed by atoms with Gasteiger partial charge in [-0.05, 0) is 36.8 Å². The number of rotatable bonds is 7. The van der Waals surface area contributed by atoms with Crippen LogP contribution in [0, 0.1) is 0 Å². The Balaban J connectivity index is 1.79. The highest BCUT2D eigenvalue weighted by Gasteiger charge is 2.08. The lowest BCUT2D eigenvalue weighted by Gasteiger charge is -2.09. The van der Waals surface area contributed by atoms with E-state index in [1.807, 2.05) is 19.1 Å². The van der Waals surface area contributed by atoms with Gasteiger partial charge in [-0.15, -0.1) is 0 Å². The van der Waals surface area contributed by atoms with Gasteiger partial charge in [-0.25, -0.2) is 0 Å². The molecule has 0 aliphatic rings. The summed E-state index contributed by atoms with van der Waals surface area (Å²) in [6.45, 7) is 2.66. The number of ether oxygens (including phenoxy) is 1.